The molecule has 98 valence electrons. The van der Waals surface area contributed by atoms with Crippen molar-refractivity contribution in [1.29, 1.82) is 0 Å². The van der Waals surface area contributed by atoms with Crippen LogP contribution in [0.4, 0.5) is 0 Å². The molecule has 0 unspecified atom stereocenters. The number of H-pyrrole nitrogens is 1. The van der Waals surface area contributed by atoms with Gasteiger partial charge in [-0.25, -0.2) is 4.79 Å². The highest BCUT2D eigenvalue weighted by Crippen LogP contribution is 2.35. The van der Waals surface area contributed by atoms with Crippen molar-refractivity contribution in [2.24, 2.45) is 0 Å². The fourth-order valence-electron chi connectivity index (χ4n) is 2.82. The van der Waals surface area contributed by atoms with Crippen LogP contribution in [-0.2, 0) is 24.0 Å². The summed E-state index contributed by atoms with van der Waals surface area (Å²) in [6.45, 7) is 2.17. The lowest BCUT2D eigenvalue weighted by Gasteiger charge is -2.18. The zero-order valence-electron chi connectivity index (χ0n) is 11.2. The maximum absolute atomic E-state index is 11.7. The van der Waals surface area contributed by atoms with Gasteiger partial charge in [-0.05, 0) is 36.0 Å². The van der Waals surface area contributed by atoms with Crippen LogP contribution in [0, 0.1) is 0 Å². The summed E-state index contributed by atoms with van der Waals surface area (Å²) in [5, 5.41) is 0. The summed E-state index contributed by atoms with van der Waals surface area (Å²) >= 11 is 0. The number of esters is 1. The van der Waals surface area contributed by atoms with E-state index in [9.17, 15) is 4.79 Å². The first-order valence-electron chi connectivity index (χ1n) is 6.65. The van der Waals surface area contributed by atoms with E-state index in [0.29, 0.717) is 5.56 Å². The van der Waals surface area contributed by atoms with Gasteiger partial charge < -0.3 is 9.72 Å². The van der Waals surface area contributed by atoms with Gasteiger partial charge in [-0.3, -0.25) is 0 Å². The monoisotopic (exact) mass is 255 g/mol. The molecule has 1 aliphatic carbocycles. The van der Waals surface area contributed by atoms with Crippen molar-refractivity contribution in [3.63, 3.8) is 0 Å². The van der Waals surface area contributed by atoms with E-state index in [-0.39, 0.29) is 5.97 Å². The Morgan fingerprint density at radius 3 is 2.95 bits per heavy atom. The Labute approximate surface area is 112 Å². The van der Waals surface area contributed by atoms with E-state index in [2.05, 4.69) is 30.1 Å². The molecular weight excluding hydrogens is 238 g/mol. The molecule has 1 aliphatic rings. The molecule has 1 aromatic carbocycles. The summed E-state index contributed by atoms with van der Waals surface area (Å²) in [5.41, 5.74) is 6.77. The first kappa shape index (κ1) is 12.0. The summed E-state index contributed by atoms with van der Waals surface area (Å²) in [7, 11) is 1.42. The number of aromatic amines is 1. The fraction of sp³-hybridized carbons (Fsp3) is 0.312. The number of hydrogen-bond acceptors (Lipinski definition) is 2. The van der Waals surface area contributed by atoms with Gasteiger partial charge in [0.1, 0.15) is 0 Å². The number of rotatable bonds is 2. The predicted octanol–water partition coefficient (Wildman–Crippen LogP) is 3.13. The third kappa shape index (κ3) is 1.86. The Morgan fingerprint density at radius 1 is 1.37 bits per heavy atom. The minimum atomic E-state index is -0.258. The Morgan fingerprint density at radius 2 is 2.21 bits per heavy atom. The van der Waals surface area contributed by atoms with Crippen molar-refractivity contribution in [2.75, 3.05) is 7.11 Å². The molecule has 0 atom stereocenters. The van der Waals surface area contributed by atoms with Crippen LogP contribution in [0.2, 0.25) is 0 Å². The maximum atomic E-state index is 11.7. The largest absolute Gasteiger partial charge is 0.465 e. The second-order valence-electron chi connectivity index (χ2n) is 4.89. The number of aryl methyl sites for hydroxylation is 2. The van der Waals surface area contributed by atoms with Gasteiger partial charge in [0.05, 0.1) is 12.7 Å². The van der Waals surface area contributed by atoms with Crippen molar-refractivity contribution in [3.8, 4) is 11.3 Å². The lowest BCUT2D eigenvalue weighted by molar-refractivity contribution is 0.0600. The molecule has 0 radical (unpaired) electrons. The highest BCUT2D eigenvalue weighted by atomic mass is 16.5. The van der Waals surface area contributed by atoms with Gasteiger partial charge in [-0.2, -0.15) is 0 Å². The van der Waals surface area contributed by atoms with Crippen molar-refractivity contribution in [3.05, 3.63) is 46.6 Å². The summed E-state index contributed by atoms with van der Waals surface area (Å²) in [4.78, 5) is 15.0. The molecule has 19 heavy (non-hydrogen) atoms. The van der Waals surface area contributed by atoms with Crippen LogP contribution >= 0.6 is 0 Å². The van der Waals surface area contributed by atoms with Gasteiger partial charge in [0.25, 0.3) is 0 Å². The van der Waals surface area contributed by atoms with Crippen molar-refractivity contribution >= 4 is 5.97 Å². The number of aromatic nitrogens is 1. The minimum Gasteiger partial charge on any atom is -0.465 e. The number of hydrogen-bond donors (Lipinski definition) is 1. The van der Waals surface area contributed by atoms with Gasteiger partial charge in [0.15, 0.2) is 0 Å². The van der Waals surface area contributed by atoms with E-state index in [0.717, 1.165) is 30.5 Å². The molecule has 1 aromatic heterocycles. The molecule has 0 amide bonds. The van der Waals surface area contributed by atoms with Crippen LogP contribution in [0.3, 0.4) is 0 Å². The molecule has 0 saturated heterocycles. The SMILES string of the molecule is CCc1ccc2c(c1)CCc1c(C(=O)OC)c[nH]c1-2. The van der Waals surface area contributed by atoms with Gasteiger partial charge >= 0.3 is 5.97 Å². The number of carbonyl (C=O) groups is 1. The van der Waals surface area contributed by atoms with E-state index >= 15 is 0 Å². The summed E-state index contributed by atoms with van der Waals surface area (Å²) in [5.74, 6) is -0.258. The molecule has 0 saturated carbocycles. The Kier molecular flexibility index (Phi) is 2.90. The molecule has 2 aromatic rings. The zero-order valence-corrected chi connectivity index (χ0v) is 11.2. The third-order valence-electron chi connectivity index (χ3n) is 3.88. The number of ether oxygens (including phenoxy) is 1. The normalized spacial score (nSPS) is 12.7. The predicted molar refractivity (Wildman–Crippen MR) is 74.4 cm³/mol. The number of benzene rings is 1. The first-order valence-corrected chi connectivity index (χ1v) is 6.65. The van der Waals surface area contributed by atoms with Crippen LogP contribution in [0.5, 0.6) is 0 Å². The molecular formula is C16H17NO2. The van der Waals surface area contributed by atoms with Gasteiger partial charge in [-0.1, -0.05) is 25.1 Å². The quantitative estimate of drug-likeness (QED) is 0.838. The van der Waals surface area contributed by atoms with Crippen molar-refractivity contribution in [1.82, 2.24) is 4.98 Å². The smallest absolute Gasteiger partial charge is 0.339 e. The number of nitrogens with one attached hydrogen (secondary N) is 1. The maximum Gasteiger partial charge on any atom is 0.339 e. The van der Waals surface area contributed by atoms with Crippen LogP contribution in [0.15, 0.2) is 24.4 Å². The third-order valence-corrected chi connectivity index (χ3v) is 3.88. The molecule has 0 spiro atoms. The number of methoxy groups -OCH3 is 1. The second-order valence-corrected chi connectivity index (χ2v) is 4.89. The van der Waals surface area contributed by atoms with Gasteiger partial charge in [-0.15, -0.1) is 0 Å². The van der Waals surface area contributed by atoms with Crippen LogP contribution in [0.1, 0.15) is 34.0 Å². The zero-order chi connectivity index (χ0) is 13.4. The summed E-state index contributed by atoms with van der Waals surface area (Å²) < 4.78 is 4.83. The van der Waals surface area contributed by atoms with Crippen LogP contribution in [-0.4, -0.2) is 18.1 Å². The van der Waals surface area contributed by atoms with E-state index in [1.165, 1.54) is 23.8 Å². The molecule has 3 heteroatoms. The van der Waals surface area contributed by atoms with Crippen LogP contribution < -0.4 is 0 Å². The van der Waals surface area contributed by atoms with E-state index < -0.39 is 0 Å². The van der Waals surface area contributed by atoms with Gasteiger partial charge in [0, 0.05) is 17.5 Å². The molecule has 1 heterocycles. The average Bonchev–Trinajstić information content (AvgIpc) is 2.89. The summed E-state index contributed by atoms with van der Waals surface area (Å²) in [6, 6.07) is 6.59. The topological polar surface area (TPSA) is 42.1 Å². The molecule has 0 aliphatic heterocycles. The average molecular weight is 255 g/mol. The van der Waals surface area contributed by atoms with Crippen molar-refractivity contribution in [2.45, 2.75) is 26.2 Å². The minimum absolute atomic E-state index is 0.258. The number of fused-ring (bicyclic) bond motifs is 3. The molecule has 0 bridgehead atoms. The van der Waals surface area contributed by atoms with E-state index in [4.69, 9.17) is 4.74 Å². The van der Waals surface area contributed by atoms with Gasteiger partial charge in [0.2, 0.25) is 0 Å². The first-order chi connectivity index (χ1) is 9.24. The van der Waals surface area contributed by atoms with Crippen molar-refractivity contribution < 1.29 is 9.53 Å². The van der Waals surface area contributed by atoms with E-state index in [1.54, 1.807) is 6.20 Å². The fourth-order valence-corrected chi connectivity index (χ4v) is 2.82. The summed E-state index contributed by atoms with van der Waals surface area (Å²) in [6.07, 6.45) is 4.69. The van der Waals surface area contributed by atoms with Crippen LogP contribution in [0.25, 0.3) is 11.3 Å². The molecule has 3 nitrogen and oxygen atoms in total. The number of carbonyl (C=O) groups excluding carboxylic acids is 1. The molecule has 1 N–H and O–H groups in total. The highest BCUT2D eigenvalue weighted by molar-refractivity contribution is 5.94. The lowest BCUT2D eigenvalue weighted by Crippen LogP contribution is -2.08. The Balaban J connectivity index is 2.10. The highest BCUT2D eigenvalue weighted by Gasteiger charge is 2.23. The molecule has 0 fully saturated rings. The second kappa shape index (κ2) is 4.57. The lowest BCUT2D eigenvalue weighted by atomic mass is 9.87. The van der Waals surface area contributed by atoms with E-state index in [1.807, 2.05) is 0 Å². The standard InChI is InChI=1S/C16H17NO2/c1-3-10-4-6-12-11(8-10)5-7-13-14(16(18)19-2)9-17-15(12)13/h4,6,8-9,17H,3,5,7H2,1-2H3. The Hall–Kier alpha value is -2.03. The Bertz CT molecular complexity index is 640. The molecule has 3 rings (SSSR count).